The molecule has 9 heteroatoms. The molecule has 4 aromatic rings. The average molecular weight is 387 g/mol. The number of anilines is 2. The van der Waals surface area contributed by atoms with Crippen molar-refractivity contribution in [1.29, 1.82) is 0 Å². The number of nitrogens with zero attached hydrogens (tertiary/aromatic N) is 5. The zero-order valence-electron chi connectivity index (χ0n) is 15.7. The van der Waals surface area contributed by atoms with Crippen LogP contribution in [-0.4, -0.2) is 37.5 Å². The van der Waals surface area contributed by atoms with Crippen molar-refractivity contribution in [2.75, 3.05) is 12.4 Å². The van der Waals surface area contributed by atoms with Crippen molar-refractivity contribution in [2.24, 2.45) is 0 Å². The van der Waals surface area contributed by atoms with Gasteiger partial charge in [-0.05, 0) is 47.2 Å². The van der Waals surface area contributed by atoms with Gasteiger partial charge >= 0.3 is 0 Å². The van der Waals surface area contributed by atoms with E-state index in [4.69, 9.17) is 4.74 Å². The van der Waals surface area contributed by atoms with Crippen LogP contribution in [0.5, 0.6) is 5.75 Å². The standard InChI is InChI=1S/C20H17N7O2/c1-11-3-5-13(6-4-11)18-15-16(12-7-9-14(29-2)10-8-12)22-23-19(28)17(15)21-20-24-25-26-27(18)20/h3-10,18H,1-2H3,(H,23,28)(H,21,24,26). The van der Waals surface area contributed by atoms with Gasteiger partial charge in [0.25, 0.3) is 5.56 Å². The lowest BCUT2D eigenvalue weighted by atomic mass is 9.92. The Morgan fingerprint density at radius 3 is 2.55 bits per heavy atom. The number of hydrogen-bond donors (Lipinski definition) is 2. The van der Waals surface area contributed by atoms with E-state index < -0.39 is 6.04 Å². The fraction of sp³-hybridized carbons (Fsp3) is 0.150. The highest BCUT2D eigenvalue weighted by Gasteiger charge is 2.34. The second-order valence-corrected chi connectivity index (χ2v) is 6.80. The van der Waals surface area contributed by atoms with Crippen LogP contribution in [0.25, 0.3) is 11.3 Å². The van der Waals surface area contributed by atoms with E-state index in [-0.39, 0.29) is 5.56 Å². The summed E-state index contributed by atoms with van der Waals surface area (Å²) in [4.78, 5) is 12.6. The molecule has 1 aliphatic rings. The average Bonchev–Trinajstić information content (AvgIpc) is 3.22. The number of methoxy groups -OCH3 is 1. The molecule has 0 amide bonds. The van der Waals surface area contributed by atoms with Gasteiger partial charge in [-0.2, -0.15) is 9.78 Å². The summed E-state index contributed by atoms with van der Waals surface area (Å²) in [6, 6.07) is 15.2. The minimum Gasteiger partial charge on any atom is -0.497 e. The molecule has 5 rings (SSSR count). The molecule has 0 bridgehead atoms. The molecular weight excluding hydrogens is 370 g/mol. The quantitative estimate of drug-likeness (QED) is 0.489. The summed E-state index contributed by atoms with van der Waals surface area (Å²) in [6.07, 6.45) is 0. The van der Waals surface area contributed by atoms with Gasteiger partial charge in [0.05, 0.1) is 12.8 Å². The Morgan fingerprint density at radius 1 is 1.07 bits per heavy atom. The van der Waals surface area contributed by atoms with Crippen LogP contribution in [0.15, 0.2) is 53.3 Å². The summed E-state index contributed by atoms with van der Waals surface area (Å²) in [5.74, 6) is 1.14. The molecule has 0 aliphatic carbocycles. The molecule has 2 aromatic carbocycles. The van der Waals surface area contributed by atoms with Crippen LogP contribution in [0.4, 0.5) is 11.6 Å². The third-order valence-corrected chi connectivity index (χ3v) is 5.02. The molecule has 1 atom stereocenters. The zero-order chi connectivity index (χ0) is 20.0. The maximum atomic E-state index is 12.6. The highest BCUT2D eigenvalue weighted by molar-refractivity contribution is 5.75. The van der Waals surface area contributed by atoms with E-state index in [1.54, 1.807) is 11.8 Å². The van der Waals surface area contributed by atoms with Crippen molar-refractivity contribution in [3.8, 4) is 17.0 Å². The van der Waals surface area contributed by atoms with Gasteiger partial charge in [0.1, 0.15) is 17.5 Å². The van der Waals surface area contributed by atoms with E-state index in [1.807, 2.05) is 55.5 Å². The molecule has 3 heterocycles. The lowest BCUT2D eigenvalue weighted by molar-refractivity contribution is 0.415. The van der Waals surface area contributed by atoms with Gasteiger partial charge < -0.3 is 10.1 Å². The van der Waals surface area contributed by atoms with E-state index in [1.165, 1.54) is 0 Å². The first-order valence-corrected chi connectivity index (χ1v) is 9.04. The van der Waals surface area contributed by atoms with Crippen molar-refractivity contribution in [3.05, 3.63) is 75.6 Å². The van der Waals surface area contributed by atoms with Gasteiger partial charge in [-0.1, -0.05) is 34.9 Å². The van der Waals surface area contributed by atoms with Gasteiger partial charge in [-0.25, -0.2) is 5.10 Å². The molecule has 144 valence electrons. The van der Waals surface area contributed by atoms with Crippen molar-refractivity contribution in [1.82, 2.24) is 30.4 Å². The summed E-state index contributed by atoms with van der Waals surface area (Å²) >= 11 is 0. The number of aromatic amines is 1. The Hall–Kier alpha value is -4.01. The summed E-state index contributed by atoms with van der Waals surface area (Å²) in [7, 11) is 1.62. The summed E-state index contributed by atoms with van der Waals surface area (Å²) in [5.41, 5.74) is 4.34. The fourth-order valence-corrected chi connectivity index (χ4v) is 3.56. The number of fused-ring (bicyclic) bond motifs is 2. The normalized spacial score (nSPS) is 14.6. The molecule has 1 unspecified atom stereocenters. The molecule has 29 heavy (non-hydrogen) atoms. The lowest BCUT2D eigenvalue weighted by Crippen LogP contribution is -2.29. The van der Waals surface area contributed by atoms with Crippen LogP contribution >= 0.6 is 0 Å². The molecule has 2 aromatic heterocycles. The number of hydrogen-bond acceptors (Lipinski definition) is 7. The highest BCUT2D eigenvalue weighted by Crippen LogP contribution is 2.41. The van der Waals surface area contributed by atoms with Crippen LogP contribution in [0.1, 0.15) is 22.7 Å². The summed E-state index contributed by atoms with van der Waals surface area (Å²) < 4.78 is 6.92. The van der Waals surface area contributed by atoms with Crippen LogP contribution < -0.4 is 15.6 Å². The van der Waals surface area contributed by atoms with E-state index >= 15 is 0 Å². The van der Waals surface area contributed by atoms with Gasteiger partial charge in [-0.15, -0.1) is 0 Å². The maximum Gasteiger partial charge on any atom is 0.288 e. The number of tetrazole rings is 1. The molecule has 0 fully saturated rings. The third kappa shape index (κ3) is 2.75. The van der Waals surface area contributed by atoms with E-state index in [0.29, 0.717) is 22.9 Å². The van der Waals surface area contributed by atoms with E-state index in [9.17, 15) is 4.79 Å². The summed E-state index contributed by atoms with van der Waals surface area (Å²) in [6.45, 7) is 2.03. The first-order chi connectivity index (χ1) is 14.2. The summed E-state index contributed by atoms with van der Waals surface area (Å²) in [5, 5.41) is 22.0. The Kier molecular flexibility index (Phi) is 3.87. The monoisotopic (exact) mass is 387 g/mol. The number of rotatable bonds is 3. The van der Waals surface area contributed by atoms with Crippen molar-refractivity contribution >= 4 is 11.6 Å². The number of benzene rings is 2. The molecule has 0 saturated heterocycles. The second-order valence-electron chi connectivity index (χ2n) is 6.80. The molecule has 2 N–H and O–H groups in total. The molecule has 0 radical (unpaired) electrons. The van der Waals surface area contributed by atoms with Crippen LogP contribution in [0.2, 0.25) is 0 Å². The predicted molar refractivity (Wildman–Crippen MR) is 106 cm³/mol. The Balaban J connectivity index is 1.78. The number of ether oxygens (including phenoxy) is 1. The maximum absolute atomic E-state index is 12.6. The van der Waals surface area contributed by atoms with Crippen molar-refractivity contribution in [3.63, 3.8) is 0 Å². The van der Waals surface area contributed by atoms with E-state index in [2.05, 4.69) is 31.0 Å². The van der Waals surface area contributed by atoms with Gasteiger partial charge in [0.15, 0.2) is 0 Å². The third-order valence-electron chi connectivity index (χ3n) is 5.02. The van der Waals surface area contributed by atoms with Crippen LogP contribution in [0, 0.1) is 6.92 Å². The number of aromatic nitrogens is 6. The zero-order valence-corrected chi connectivity index (χ0v) is 15.7. The van der Waals surface area contributed by atoms with Crippen LogP contribution in [0.3, 0.4) is 0 Å². The van der Waals surface area contributed by atoms with Gasteiger partial charge in [0, 0.05) is 11.1 Å². The highest BCUT2D eigenvalue weighted by atomic mass is 16.5. The molecule has 1 aliphatic heterocycles. The molecule has 9 nitrogen and oxygen atoms in total. The molecular formula is C20H17N7O2. The largest absolute Gasteiger partial charge is 0.497 e. The van der Waals surface area contributed by atoms with Crippen LogP contribution in [-0.2, 0) is 0 Å². The molecule has 0 spiro atoms. The Bertz CT molecular complexity index is 1240. The van der Waals surface area contributed by atoms with E-state index in [0.717, 1.165) is 22.4 Å². The second kappa shape index (κ2) is 6.55. The van der Waals surface area contributed by atoms with Crippen molar-refractivity contribution < 1.29 is 4.74 Å². The Labute approximate surface area is 165 Å². The first kappa shape index (κ1) is 17.1. The Morgan fingerprint density at radius 2 is 1.83 bits per heavy atom. The van der Waals surface area contributed by atoms with Gasteiger partial charge in [-0.3, -0.25) is 4.79 Å². The number of aryl methyl sites for hydroxylation is 1. The minimum atomic E-state index is -0.399. The first-order valence-electron chi connectivity index (χ1n) is 9.04. The smallest absolute Gasteiger partial charge is 0.288 e. The fourth-order valence-electron chi connectivity index (χ4n) is 3.56. The van der Waals surface area contributed by atoms with Crippen molar-refractivity contribution in [2.45, 2.75) is 13.0 Å². The number of H-pyrrole nitrogens is 1. The van der Waals surface area contributed by atoms with Gasteiger partial charge in [0.2, 0.25) is 5.95 Å². The number of nitrogens with one attached hydrogen (secondary N) is 2. The minimum absolute atomic E-state index is 0.330. The molecule has 0 saturated carbocycles. The predicted octanol–water partition coefficient (Wildman–Crippen LogP) is 2.44. The SMILES string of the molecule is COc1ccc(-c2n[nH]c(=O)c3c2C(c2ccc(C)cc2)n2nnnc2N3)cc1. The lowest BCUT2D eigenvalue weighted by Gasteiger charge is -2.27. The topological polar surface area (TPSA) is 111 Å².